The summed E-state index contributed by atoms with van der Waals surface area (Å²) in [4.78, 5) is 6.45. The fraction of sp³-hybridized carbons (Fsp3) is 0.583. The van der Waals surface area contributed by atoms with Crippen molar-refractivity contribution in [1.29, 1.82) is 0 Å². The van der Waals surface area contributed by atoms with Gasteiger partial charge in [0.05, 0.1) is 18.5 Å². The molecule has 1 aromatic rings. The summed E-state index contributed by atoms with van der Waals surface area (Å²) in [5.41, 5.74) is 7.41. The average Bonchev–Trinajstić information content (AvgIpc) is 2.25. The van der Waals surface area contributed by atoms with Gasteiger partial charge in [-0.3, -0.25) is 0 Å². The van der Waals surface area contributed by atoms with Crippen LogP contribution in [0, 0.1) is 6.92 Å². The summed E-state index contributed by atoms with van der Waals surface area (Å²) in [5, 5.41) is 9.05. The van der Waals surface area contributed by atoms with E-state index in [4.69, 9.17) is 10.8 Å². The Morgan fingerprint density at radius 1 is 1.44 bits per heavy atom. The Hall–Kier alpha value is -1.29. The molecule has 0 aliphatic rings. The van der Waals surface area contributed by atoms with E-state index in [0.29, 0.717) is 12.2 Å². The molecule has 0 spiro atoms. The summed E-state index contributed by atoms with van der Waals surface area (Å²) in [5.74, 6) is 0.928. The Balaban J connectivity index is 2.82. The molecular formula is C12H21N3O. The second kappa shape index (κ2) is 6.33. The van der Waals surface area contributed by atoms with E-state index in [2.05, 4.69) is 16.8 Å². The molecule has 0 fully saturated rings. The minimum absolute atomic E-state index is 0.148. The summed E-state index contributed by atoms with van der Waals surface area (Å²) in [6, 6.07) is 1.92. The van der Waals surface area contributed by atoms with Crippen molar-refractivity contribution in [2.24, 2.45) is 0 Å². The van der Waals surface area contributed by atoms with Crippen LogP contribution in [0.3, 0.4) is 0 Å². The topological polar surface area (TPSA) is 62.4 Å². The number of rotatable bonds is 6. The van der Waals surface area contributed by atoms with Crippen LogP contribution in [-0.2, 0) is 0 Å². The molecule has 3 N–H and O–H groups in total. The second-order valence-electron chi connectivity index (χ2n) is 3.97. The van der Waals surface area contributed by atoms with E-state index < -0.39 is 0 Å². The number of anilines is 2. The molecule has 0 saturated carbocycles. The van der Waals surface area contributed by atoms with Gasteiger partial charge in [0, 0.05) is 13.1 Å². The molecule has 0 atom stereocenters. The van der Waals surface area contributed by atoms with Gasteiger partial charge >= 0.3 is 0 Å². The third kappa shape index (κ3) is 3.38. The van der Waals surface area contributed by atoms with Crippen LogP contribution in [0.1, 0.15) is 25.3 Å². The normalized spacial score (nSPS) is 10.4. The van der Waals surface area contributed by atoms with Gasteiger partial charge in [-0.25, -0.2) is 4.98 Å². The molecule has 0 bridgehead atoms. The maximum Gasteiger partial charge on any atom is 0.131 e. The molecule has 0 aromatic carbocycles. The van der Waals surface area contributed by atoms with E-state index in [1.165, 1.54) is 0 Å². The molecule has 0 aliphatic heterocycles. The zero-order valence-corrected chi connectivity index (χ0v) is 10.1. The van der Waals surface area contributed by atoms with E-state index in [1.807, 2.05) is 13.0 Å². The lowest BCUT2D eigenvalue weighted by atomic mass is 10.2. The summed E-state index contributed by atoms with van der Waals surface area (Å²) < 4.78 is 0. The minimum Gasteiger partial charge on any atom is -0.397 e. The number of nitrogens with zero attached hydrogens (tertiary/aromatic N) is 2. The summed E-state index contributed by atoms with van der Waals surface area (Å²) in [6.07, 6.45) is 3.90. The predicted octanol–water partition coefficient (Wildman–Crippen LogP) is 1.57. The van der Waals surface area contributed by atoms with Gasteiger partial charge in [0.25, 0.3) is 0 Å². The van der Waals surface area contributed by atoms with Crippen molar-refractivity contribution in [2.75, 3.05) is 30.3 Å². The highest BCUT2D eigenvalue weighted by molar-refractivity contribution is 5.52. The molecule has 0 unspecified atom stereocenters. The van der Waals surface area contributed by atoms with Crippen molar-refractivity contribution in [3.8, 4) is 0 Å². The number of unbranched alkanes of at least 4 members (excludes halogenated alkanes) is 1. The van der Waals surface area contributed by atoms with Crippen molar-refractivity contribution >= 4 is 11.5 Å². The van der Waals surface area contributed by atoms with E-state index in [0.717, 1.165) is 30.8 Å². The minimum atomic E-state index is 0.148. The molecule has 1 rings (SSSR count). The zero-order chi connectivity index (χ0) is 12.0. The zero-order valence-electron chi connectivity index (χ0n) is 10.1. The molecule has 1 heterocycles. The number of aryl methyl sites for hydroxylation is 1. The van der Waals surface area contributed by atoms with Crippen LogP contribution in [0.25, 0.3) is 0 Å². The Bertz CT molecular complexity index is 328. The van der Waals surface area contributed by atoms with Crippen LogP contribution >= 0.6 is 0 Å². The summed E-state index contributed by atoms with van der Waals surface area (Å²) in [7, 11) is 0. The second-order valence-corrected chi connectivity index (χ2v) is 3.97. The molecule has 0 aliphatic carbocycles. The molecule has 16 heavy (non-hydrogen) atoms. The van der Waals surface area contributed by atoms with Crippen LogP contribution in [0.4, 0.5) is 11.5 Å². The highest BCUT2D eigenvalue weighted by Gasteiger charge is 2.09. The Morgan fingerprint density at radius 2 is 2.19 bits per heavy atom. The maximum atomic E-state index is 9.05. The van der Waals surface area contributed by atoms with Gasteiger partial charge < -0.3 is 15.7 Å². The van der Waals surface area contributed by atoms with Crippen LogP contribution in [0.5, 0.6) is 0 Å². The molecular weight excluding hydrogens is 202 g/mol. The van der Waals surface area contributed by atoms with Gasteiger partial charge in [0.2, 0.25) is 0 Å². The number of hydrogen-bond donors (Lipinski definition) is 2. The quantitative estimate of drug-likeness (QED) is 0.768. The highest BCUT2D eigenvalue weighted by atomic mass is 16.3. The lowest BCUT2D eigenvalue weighted by Gasteiger charge is -2.24. The number of aliphatic hydroxyl groups is 1. The largest absolute Gasteiger partial charge is 0.397 e. The van der Waals surface area contributed by atoms with Crippen molar-refractivity contribution < 1.29 is 5.11 Å². The first kappa shape index (κ1) is 12.8. The molecule has 1 aromatic heterocycles. The highest BCUT2D eigenvalue weighted by Crippen LogP contribution is 2.19. The Morgan fingerprint density at radius 3 is 2.75 bits per heavy atom. The van der Waals surface area contributed by atoms with Crippen LogP contribution < -0.4 is 10.6 Å². The van der Waals surface area contributed by atoms with Gasteiger partial charge in [-0.1, -0.05) is 13.3 Å². The number of nitrogens with two attached hydrogens (primary N) is 1. The smallest absolute Gasteiger partial charge is 0.131 e. The van der Waals surface area contributed by atoms with E-state index in [1.54, 1.807) is 6.20 Å². The predicted molar refractivity (Wildman–Crippen MR) is 67.6 cm³/mol. The molecule has 4 heteroatoms. The first-order valence-corrected chi connectivity index (χ1v) is 5.77. The van der Waals surface area contributed by atoms with Crippen molar-refractivity contribution in [3.63, 3.8) is 0 Å². The van der Waals surface area contributed by atoms with E-state index >= 15 is 0 Å². The van der Waals surface area contributed by atoms with Gasteiger partial charge in [-0.15, -0.1) is 0 Å². The molecule has 0 saturated heterocycles. The fourth-order valence-corrected chi connectivity index (χ4v) is 1.71. The fourth-order valence-electron chi connectivity index (χ4n) is 1.71. The van der Waals surface area contributed by atoms with Gasteiger partial charge in [0.1, 0.15) is 5.82 Å². The SMILES string of the molecule is CCCCN(CCO)c1ncc(N)cc1C. The van der Waals surface area contributed by atoms with E-state index in [9.17, 15) is 0 Å². The van der Waals surface area contributed by atoms with Crippen LogP contribution in [0.2, 0.25) is 0 Å². The van der Waals surface area contributed by atoms with Gasteiger partial charge in [-0.2, -0.15) is 0 Å². The summed E-state index contributed by atoms with van der Waals surface area (Å²) in [6.45, 7) is 5.84. The third-order valence-electron chi connectivity index (χ3n) is 2.52. The molecule has 0 amide bonds. The van der Waals surface area contributed by atoms with Crippen molar-refractivity contribution in [3.05, 3.63) is 17.8 Å². The van der Waals surface area contributed by atoms with Crippen molar-refractivity contribution in [1.82, 2.24) is 4.98 Å². The first-order chi connectivity index (χ1) is 7.69. The standard InChI is InChI=1S/C12H21N3O/c1-3-4-5-15(6-7-16)12-10(2)8-11(13)9-14-12/h8-9,16H,3-7,13H2,1-2H3. The average molecular weight is 223 g/mol. The molecule has 90 valence electrons. The third-order valence-corrected chi connectivity index (χ3v) is 2.52. The van der Waals surface area contributed by atoms with Crippen LogP contribution in [0.15, 0.2) is 12.3 Å². The monoisotopic (exact) mass is 223 g/mol. The van der Waals surface area contributed by atoms with Gasteiger partial charge in [-0.05, 0) is 25.0 Å². The number of hydrogen-bond acceptors (Lipinski definition) is 4. The number of pyridine rings is 1. The molecule has 4 nitrogen and oxygen atoms in total. The Kier molecular flexibility index (Phi) is 5.05. The maximum absolute atomic E-state index is 9.05. The van der Waals surface area contributed by atoms with Crippen LogP contribution in [-0.4, -0.2) is 29.8 Å². The van der Waals surface area contributed by atoms with Crippen molar-refractivity contribution in [2.45, 2.75) is 26.7 Å². The van der Waals surface area contributed by atoms with E-state index in [-0.39, 0.29) is 6.61 Å². The first-order valence-electron chi connectivity index (χ1n) is 5.77. The number of nitrogen functional groups attached to an aromatic ring is 1. The van der Waals surface area contributed by atoms with Gasteiger partial charge in [0.15, 0.2) is 0 Å². The number of aliphatic hydroxyl groups excluding tert-OH is 1. The lowest BCUT2D eigenvalue weighted by Crippen LogP contribution is -2.29. The molecule has 0 radical (unpaired) electrons. The number of aromatic nitrogens is 1. The lowest BCUT2D eigenvalue weighted by molar-refractivity contribution is 0.301. The summed E-state index contributed by atoms with van der Waals surface area (Å²) >= 11 is 0. The Labute approximate surface area is 97.1 Å².